The topological polar surface area (TPSA) is 59.1 Å². The first kappa shape index (κ1) is 14.0. The Bertz CT molecular complexity index is 732. The zero-order valence-corrected chi connectivity index (χ0v) is 12.3. The van der Waals surface area contributed by atoms with E-state index in [1.807, 2.05) is 0 Å². The van der Waals surface area contributed by atoms with Gasteiger partial charge in [0.1, 0.15) is 0 Å². The van der Waals surface area contributed by atoms with Crippen molar-refractivity contribution in [1.29, 1.82) is 0 Å². The molecule has 0 fully saturated rings. The predicted molar refractivity (Wildman–Crippen MR) is 81.0 cm³/mol. The molecule has 0 radical (unpaired) electrons. The van der Waals surface area contributed by atoms with Crippen molar-refractivity contribution in [3.63, 3.8) is 0 Å². The fraction of sp³-hybridized carbons (Fsp3) is 0.133. The van der Waals surface area contributed by atoms with Crippen molar-refractivity contribution >= 4 is 40.6 Å². The van der Waals surface area contributed by atoms with Gasteiger partial charge in [-0.15, -0.1) is 0 Å². The maximum absolute atomic E-state index is 12.3. The molecule has 4 nitrogen and oxygen atoms in total. The number of carbonyl (C=O) groups excluding carboxylic acids is 2. The molecule has 1 atom stereocenters. The van der Waals surface area contributed by atoms with E-state index >= 15 is 0 Å². The number of amides is 1. The molecule has 1 aliphatic heterocycles. The van der Waals surface area contributed by atoms with Crippen LogP contribution in [0.25, 0.3) is 0 Å². The van der Waals surface area contributed by atoms with Gasteiger partial charge >= 0.3 is 0 Å². The molecule has 21 heavy (non-hydrogen) atoms. The minimum atomic E-state index is -0.626. The van der Waals surface area contributed by atoms with Crippen molar-refractivity contribution in [3.8, 4) is 0 Å². The number of pyridine rings is 1. The summed E-state index contributed by atoms with van der Waals surface area (Å²) in [7, 11) is 0. The highest BCUT2D eigenvalue weighted by Crippen LogP contribution is 2.43. The Morgan fingerprint density at radius 2 is 2.00 bits per heavy atom. The first-order valence-corrected chi connectivity index (χ1v) is 7.05. The normalized spacial score (nSPS) is 16.5. The van der Waals surface area contributed by atoms with Gasteiger partial charge in [-0.25, -0.2) is 0 Å². The largest absolute Gasteiger partial charge is 0.324 e. The van der Waals surface area contributed by atoms with Gasteiger partial charge < -0.3 is 5.32 Å². The number of aromatic nitrogens is 1. The lowest BCUT2D eigenvalue weighted by Crippen LogP contribution is -2.16. The van der Waals surface area contributed by atoms with Crippen molar-refractivity contribution < 1.29 is 9.59 Å². The molecule has 106 valence electrons. The smallest absolute Gasteiger partial charge is 0.232 e. The highest BCUT2D eigenvalue weighted by molar-refractivity contribution is 6.38. The number of nitrogens with one attached hydrogen (secondary N) is 1. The summed E-state index contributed by atoms with van der Waals surface area (Å²) in [4.78, 5) is 28.3. The van der Waals surface area contributed by atoms with E-state index in [4.69, 9.17) is 23.2 Å². The summed E-state index contributed by atoms with van der Waals surface area (Å²) in [6.07, 6.45) is 3.10. The number of hydrogen-bond acceptors (Lipinski definition) is 3. The van der Waals surface area contributed by atoms with E-state index in [1.54, 1.807) is 30.5 Å². The van der Waals surface area contributed by atoms with Crippen molar-refractivity contribution in [2.45, 2.75) is 12.3 Å². The number of fused-ring (bicyclic) bond motifs is 1. The van der Waals surface area contributed by atoms with E-state index in [-0.39, 0.29) is 18.1 Å². The van der Waals surface area contributed by atoms with Crippen LogP contribution in [0.5, 0.6) is 0 Å². The Hall–Kier alpha value is -1.91. The number of nitrogens with zero attached hydrogens (tertiary/aromatic N) is 1. The molecule has 1 aliphatic rings. The van der Waals surface area contributed by atoms with Gasteiger partial charge in [0.05, 0.1) is 16.6 Å². The molecular weight excluding hydrogens is 311 g/mol. The van der Waals surface area contributed by atoms with Gasteiger partial charge in [-0.2, -0.15) is 0 Å². The van der Waals surface area contributed by atoms with Gasteiger partial charge in [-0.1, -0.05) is 23.2 Å². The second kappa shape index (κ2) is 5.47. The number of Topliss-reactive ketones (excluding diaryl/α,β-unsaturated/α-hetero) is 1. The van der Waals surface area contributed by atoms with Gasteiger partial charge in [0.15, 0.2) is 5.78 Å². The summed E-state index contributed by atoms with van der Waals surface area (Å²) < 4.78 is 0. The molecule has 1 N–H and O–H groups in total. The number of hydrogen-bond donors (Lipinski definition) is 1. The number of carbonyl (C=O) groups is 2. The second-order valence-electron chi connectivity index (χ2n) is 4.73. The van der Waals surface area contributed by atoms with Crippen LogP contribution in [0.3, 0.4) is 0 Å². The number of benzene rings is 1. The number of rotatable bonds is 3. The zero-order chi connectivity index (χ0) is 15.0. The van der Waals surface area contributed by atoms with E-state index in [0.29, 0.717) is 26.9 Å². The van der Waals surface area contributed by atoms with E-state index in [1.165, 1.54) is 6.20 Å². The SMILES string of the molecule is O=C(CC1C(=O)Nc2c(Cl)ccc(Cl)c21)c1cccnc1. The van der Waals surface area contributed by atoms with Gasteiger partial charge in [0.2, 0.25) is 5.91 Å². The third kappa shape index (κ3) is 2.52. The molecule has 1 amide bonds. The first-order chi connectivity index (χ1) is 10.1. The lowest BCUT2D eigenvalue weighted by molar-refractivity contribution is -0.117. The molecule has 0 spiro atoms. The van der Waals surface area contributed by atoms with Gasteiger partial charge in [-0.3, -0.25) is 14.6 Å². The van der Waals surface area contributed by atoms with Crippen LogP contribution >= 0.6 is 23.2 Å². The van der Waals surface area contributed by atoms with Crippen LogP contribution in [-0.2, 0) is 4.79 Å². The van der Waals surface area contributed by atoms with Crippen LogP contribution in [-0.4, -0.2) is 16.7 Å². The van der Waals surface area contributed by atoms with Crippen molar-refractivity contribution in [2.24, 2.45) is 0 Å². The molecule has 3 rings (SSSR count). The van der Waals surface area contributed by atoms with Crippen molar-refractivity contribution in [1.82, 2.24) is 4.98 Å². The lowest BCUT2D eigenvalue weighted by Gasteiger charge is -2.10. The highest BCUT2D eigenvalue weighted by atomic mass is 35.5. The zero-order valence-electron chi connectivity index (χ0n) is 10.8. The molecule has 6 heteroatoms. The molecule has 2 heterocycles. The third-order valence-electron chi connectivity index (χ3n) is 3.43. The minimum Gasteiger partial charge on any atom is -0.324 e. The summed E-state index contributed by atoms with van der Waals surface area (Å²) in [6, 6.07) is 6.60. The molecule has 2 aromatic rings. The summed E-state index contributed by atoms with van der Waals surface area (Å²) in [5.41, 5.74) is 1.56. The van der Waals surface area contributed by atoms with E-state index < -0.39 is 5.92 Å². The molecule has 1 unspecified atom stereocenters. The van der Waals surface area contributed by atoms with E-state index in [9.17, 15) is 9.59 Å². The fourth-order valence-corrected chi connectivity index (χ4v) is 2.90. The molecule has 0 saturated heterocycles. The Morgan fingerprint density at radius 1 is 1.24 bits per heavy atom. The average molecular weight is 321 g/mol. The maximum atomic E-state index is 12.3. The van der Waals surface area contributed by atoms with E-state index in [2.05, 4.69) is 10.3 Å². The predicted octanol–water partition coefficient (Wildman–Crippen LogP) is 3.70. The first-order valence-electron chi connectivity index (χ1n) is 6.30. The Balaban J connectivity index is 1.93. The average Bonchev–Trinajstić information content (AvgIpc) is 2.82. The Morgan fingerprint density at radius 3 is 2.71 bits per heavy atom. The summed E-state index contributed by atoms with van der Waals surface area (Å²) in [5.74, 6) is -1.05. The van der Waals surface area contributed by atoms with E-state index in [0.717, 1.165) is 0 Å². The van der Waals surface area contributed by atoms with Crippen LogP contribution in [0.4, 0.5) is 5.69 Å². The third-order valence-corrected chi connectivity index (χ3v) is 4.07. The van der Waals surface area contributed by atoms with Gasteiger partial charge in [0.25, 0.3) is 0 Å². The van der Waals surface area contributed by atoms with Gasteiger partial charge in [0, 0.05) is 35.0 Å². The molecule has 1 aromatic carbocycles. The monoisotopic (exact) mass is 320 g/mol. The summed E-state index contributed by atoms with van der Waals surface area (Å²) >= 11 is 12.2. The van der Waals surface area contributed by atoms with Crippen molar-refractivity contribution in [3.05, 3.63) is 57.8 Å². The van der Waals surface area contributed by atoms with Gasteiger partial charge in [-0.05, 0) is 24.3 Å². The molecule has 0 aliphatic carbocycles. The Labute approximate surface area is 131 Å². The maximum Gasteiger partial charge on any atom is 0.232 e. The molecule has 1 aromatic heterocycles. The minimum absolute atomic E-state index is 0.0323. The molecule has 0 saturated carbocycles. The van der Waals surface area contributed by atoms with Crippen LogP contribution < -0.4 is 5.32 Å². The standard InChI is InChI=1S/C15H10Cl2N2O2/c16-10-3-4-11(17)14-13(10)9(15(21)19-14)6-12(20)8-2-1-5-18-7-8/h1-5,7,9H,6H2,(H,19,21). The highest BCUT2D eigenvalue weighted by Gasteiger charge is 2.35. The van der Waals surface area contributed by atoms with Crippen LogP contribution in [0.2, 0.25) is 10.0 Å². The van der Waals surface area contributed by atoms with Crippen LogP contribution in [0, 0.1) is 0 Å². The Kier molecular flexibility index (Phi) is 3.66. The second-order valence-corrected chi connectivity index (χ2v) is 5.54. The summed E-state index contributed by atoms with van der Waals surface area (Å²) in [5, 5.41) is 3.53. The number of anilines is 1. The number of ketones is 1. The quantitative estimate of drug-likeness (QED) is 0.877. The van der Waals surface area contributed by atoms with Crippen LogP contribution in [0.15, 0.2) is 36.7 Å². The molecular formula is C15H10Cl2N2O2. The van der Waals surface area contributed by atoms with Crippen LogP contribution in [0.1, 0.15) is 28.3 Å². The van der Waals surface area contributed by atoms with Crippen molar-refractivity contribution in [2.75, 3.05) is 5.32 Å². The number of halogens is 2. The lowest BCUT2D eigenvalue weighted by atomic mass is 9.93. The molecule has 0 bridgehead atoms. The summed E-state index contributed by atoms with van der Waals surface area (Å²) in [6.45, 7) is 0. The fourth-order valence-electron chi connectivity index (χ4n) is 2.40.